The van der Waals surface area contributed by atoms with Gasteiger partial charge in [0, 0.05) is 38.6 Å². The van der Waals surface area contributed by atoms with E-state index < -0.39 is 0 Å². The van der Waals surface area contributed by atoms with Crippen molar-refractivity contribution in [1.82, 2.24) is 4.40 Å². The van der Waals surface area contributed by atoms with Gasteiger partial charge in [0.05, 0.1) is 16.6 Å². The van der Waals surface area contributed by atoms with Gasteiger partial charge in [-0.1, -0.05) is 78.9 Å². The van der Waals surface area contributed by atoms with Crippen LogP contribution in [0.2, 0.25) is 0 Å². The topological polar surface area (TPSA) is 7.65 Å². The molecule has 0 spiro atoms. The molecule has 5 aromatic carbocycles. The van der Waals surface area contributed by atoms with Crippen LogP contribution in [0.4, 0.5) is 17.1 Å². The second-order valence-electron chi connectivity index (χ2n) is 8.26. The van der Waals surface area contributed by atoms with Crippen molar-refractivity contribution < 1.29 is 0 Å². The lowest BCUT2D eigenvalue weighted by molar-refractivity contribution is 1.28. The molecule has 0 atom stereocenters. The fourth-order valence-electron chi connectivity index (χ4n) is 5.16. The zero-order chi connectivity index (χ0) is 21.1. The van der Waals surface area contributed by atoms with Gasteiger partial charge in [0.15, 0.2) is 0 Å². The minimum absolute atomic E-state index is 1.15. The highest BCUT2D eigenvalue weighted by Gasteiger charge is 2.19. The van der Waals surface area contributed by atoms with Crippen LogP contribution in [0.3, 0.4) is 0 Å². The van der Waals surface area contributed by atoms with Crippen LogP contribution in [-0.2, 0) is 0 Å². The maximum Gasteiger partial charge on any atom is 0.0620 e. The second-order valence-corrected chi connectivity index (χ2v) is 8.26. The van der Waals surface area contributed by atoms with Crippen molar-refractivity contribution >= 4 is 55.2 Å². The molecule has 150 valence electrons. The number of fused-ring (bicyclic) bond motifs is 6. The Bertz CT molecular complexity index is 1670. The quantitative estimate of drug-likeness (QED) is 0.285. The Labute approximate surface area is 185 Å². The summed E-state index contributed by atoms with van der Waals surface area (Å²) in [4.78, 5) is 2.33. The summed E-state index contributed by atoms with van der Waals surface area (Å²) >= 11 is 0. The molecule has 0 aliphatic carbocycles. The van der Waals surface area contributed by atoms with Gasteiger partial charge in [0.1, 0.15) is 0 Å². The van der Waals surface area contributed by atoms with Gasteiger partial charge >= 0.3 is 0 Å². The van der Waals surface area contributed by atoms with E-state index in [1.807, 2.05) is 0 Å². The summed E-state index contributed by atoms with van der Waals surface area (Å²) < 4.78 is 2.44. The number of para-hydroxylation sites is 4. The van der Waals surface area contributed by atoms with Crippen molar-refractivity contribution in [1.29, 1.82) is 0 Å². The third-order valence-corrected chi connectivity index (χ3v) is 6.49. The number of hydrogen-bond donors (Lipinski definition) is 0. The van der Waals surface area contributed by atoms with E-state index in [0.29, 0.717) is 0 Å². The standard InChI is InChI=1S/C30H20N2/c1-3-10-21(11-4-1)31(22-12-5-2-6-13-22)23-18-19-25-27-16-9-15-26-24-14-7-8-17-28(24)32(30(26)27)29(25)20-23/h1-20H. The Morgan fingerprint density at radius 1 is 0.406 bits per heavy atom. The van der Waals surface area contributed by atoms with Crippen LogP contribution < -0.4 is 4.90 Å². The average Bonchev–Trinajstić information content (AvgIpc) is 3.38. The van der Waals surface area contributed by atoms with Crippen LogP contribution in [-0.4, -0.2) is 4.40 Å². The molecular weight excluding hydrogens is 388 g/mol. The van der Waals surface area contributed by atoms with E-state index in [2.05, 4.69) is 131 Å². The lowest BCUT2D eigenvalue weighted by atomic mass is 10.1. The van der Waals surface area contributed by atoms with Crippen LogP contribution >= 0.6 is 0 Å². The maximum absolute atomic E-state index is 2.44. The van der Waals surface area contributed by atoms with E-state index >= 15 is 0 Å². The largest absolute Gasteiger partial charge is 0.310 e. The zero-order valence-electron chi connectivity index (χ0n) is 17.4. The lowest BCUT2D eigenvalue weighted by Gasteiger charge is -2.25. The summed E-state index contributed by atoms with van der Waals surface area (Å²) in [6.07, 6.45) is 0. The smallest absolute Gasteiger partial charge is 0.0620 e. The van der Waals surface area contributed by atoms with Crippen molar-refractivity contribution in [3.8, 4) is 0 Å². The van der Waals surface area contributed by atoms with E-state index in [1.165, 1.54) is 38.1 Å². The SMILES string of the molecule is c1ccc(N(c2ccccc2)c2ccc3c4cccc5c6ccccc6n(c3c2)c54)cc1. The molecule has 2 heterocycles. The Hall–Kier alpha value is -4.30. The fraction of sp³-hybridized carbons (Fsp3) is 0. The second kappa shape index (κ2) is 6.60. The van der Waals surface area contributed by atoms with Crippen molar-refractivity contribution in [2.45, 2.75) is 0 Å². The van der Waals surface area contributed by atoms with Crippen molar-refractivity contribution in [2.75, 3.05) is 4.90 Å². The third kappa shape index (κ3) is 2.35. The van der Waals surface area contributed by atoms with E-state index in [9.17, 15) is 0 Å². The first kappa shape index (κ1) is 17.4. The van der Waals surface area contributed by atoms with Gasteiger partial charge in [0.2, 0.25) is 0 Å². The first-order valence-electron chi connectivity index (χ1n) is 11.0. The predicted octanol–water partition coefficient (Wildman–Crippen LogP) is 8.31. The minimum Gasteiger partial charge on any atom is -0.310 e. The molecule has 0 saturated heterocycles. The van der Waals surface area contributed by atoms with Crippen molar-refractivity contribution in [3.05, 3.63) is 121 Å². The van der Waals surface area contributed by atoms with Gasteiger partial charge in [-0.15, -0.1) is 0 Å². The van der Waals surface area contributed by atoms with E-state index in [1.54, 1.807) is 0 Å². The normalized spacial score (nSPS) is 11.8. The van der Waals surface area contributed by atoms with Gasteiger partial charge in [0.25, 0.3) is 0 Å². The summed E-state index contributed by atoms with van der Waals surface area (Å²) in [5.74, 6) is 0. The molecule has 7 rings (SSSR count). The predicted molar refractivity (Wildman–Crippen MR) is 136 cm³/mol. The van der Waals surface area contributed by atoms with Crippen molar-refractivity contribution in [2.24, 2.45) is 0 Å². The van der Waals surface area contributed by atoms with Gasteiger partial charge in [-0.05, 0) is 42.5 Å². The molecule has 7 aromatic rings. The van der Waals surface area contributed by atoms with Gasteiger partial charge in [-0.2, -0.15) is 0 Å². The molecule has 0 aliphatic heterocycles. The number of rotatable bonds is 3. The molecule has 0 saturated carbocycles. The molecule has 2 aromatic heterocycles. The van der Waals surface area contributed by atoms with Crippen LogP contribution in [0.1, 0.15) is 0 Å². The summed E-state index contributed by atoms with van der Waals surface area (Å²) in [6, 6.07) is 43.4. The van der Waals surface area contributed by atoms with E-state index in [-0.39, 0.29) is 0 Å². The molecular formula is C30H20N2. The molecule has 0 fully saturated rings. The highest BCUT2D eigenvalue weighted by atomic mass is 15.1. The Kier molecular flexibility index (Phi) is 3.58. The zero-order valence-corrected chi connectivity index (χ0v) is 17.4. The first-order chi connectivity index (χ1) is 15.9. The maximum atomic E-state index is 2.44. The fourth-order valence-corrected chi connectivity index (χ4v) is 5.16. The molecule has 0 unspecified atom stereocenters. The summed E-state index contributed by atoms with van der Waals surface area (Å²) in [5.41, 5.74) is 7.27. The number of nitrogens with zero attached hydrogens (tertiary/aromatic N) is 2. The molecule has 32 heavy (non-hydrogen) atoms. The van der Waals surface area contributed by atoms with Crippen LogP contribution in [0.25, 0.3) is 38.1 Å². The Morgan fingerprint density at radius 3 is 1.66 bits per heavy atom. The number of benzene rings is 5. The van der Waals surface area contributed by atoms with Crippen LogP contribution in [0, 0.1) is 0 Å². The number of anilines is 3. The van der Waals surface area contributed by atoms with Crippen LogP contribution in [0.15, 0.2) is 121 Å². The number of hydrogen-bond acceptors (Lipinski definition) is 1. The Balaban J connectivity index is 1.58. The minimum atomic E-state index is 1.15. The Morgan fingerprint density at radius 2 is 0.969 bits per heavy atom. The van der Waals surface area contributed by atoms with Gasteiger partial charge in [-0.25, -0.2) is 0 Å². The summed E-state index contributed by atoms with van der Waals surface area (Å²) in [7, 11) is 0. The molecule has 0 bridgehead atoms. The molecule has 0 radical (unpaired) electrons. The average molecular weight is 409 g/mol. The molecule has 2 nitrogen and oxygen atoms in total. The number of aromatic nitrogens is 1. The van der Waals surface area contributed by atoms with Crippen molar-refractivity contribution in [3.63, 3.8) is 0 Å². The van der Waals surface area contributed by atoms with Crippen LogP contribution in [0.5, 0.6) is 0 Å². The highest BCUT2D eigenvalue weighted by Crippen LogP contribution is 2.42. The first-order valence-corrected chi connectivity index (χ1v) is 11.0. The molecule has 0 aliphatic rings. The highest BCUT2D eigenvalue weighted by molar-refractivity contribution is 6.23. The summed E-state index contributed by atoms with van der Waals surface area (Å²) in [6.45, 7) is 0. The van der Waals surface area contributed by atoms with E-state index in [4.69, 9.17) is 0 Å². The van der Waals surface area contributed by atoms with Gasteiger partial charge in [-0.3, -0.25) is 0 Å². The molecule has 0 amide bonds. The lowest BCUT2D eigenvalue weighted by Crippen LogP contribution is -2.09. The third-order valence-electron chi connectivity index (χ3n) is 6.49. The van der Waals surface area contributed by atoms with E-state index in [0.717, 1.165) is 17.1 Å². The monoisotopic (exact) mass is 408 g/mol. The molecule has 0 N–H and O–H groups in total. The molecule has 2 heteroatoms. The van der Waals surface area contributed by atoms with Gasteiger partial charge < -0.3 is 9.30 Å². The summed E-state index contributed by atoms with van der Waals surface area (Å²) in [5, 5.41) is 5.23.